The van der Waals surface area contributed by atoms with E-state index in [1.807, 2.05) is 0 Å². The van der Waals surface area contributed by atoms with Gasteiger partial charge in [0.25, 0.3) is 0 Å². The molecule has 0 aromatic carbocycles. The third-order valence-corrected chi connectivity index (χ3v) is 2.94. The normalized spacial score (nSPS) is 16.9. The largest absolute Gasteiger partial charge is 0.465 e. The lowest BCUT2D eigenvalue weighted by atomic mass is 10.6. The maximum Gasteiger partial charge on any atom is 0.345 e. The molecular formula is C6H6O2S2. The molecule has 0 unspecified atom stereocenters. The van der Waals surface area contributed by atoms with E-state index in [1.54, 1.807) is 5.41 Å². The van der Waals surface area contributed by atoms with Gasteiger partial charge >= 0.3 is 5.97 Å². The van der Waals surface area contributed by atoms with Gasteiger partial charge in [0.2, 0.25) is 0 Å². The van der Waals surface area contributed by atoms with E-state index in [2.05, 4.69) is 11.3 Å². The molecule has 0 aliphatic carbocycles. The van der Waals surface area contributed by atoms with E-state index >= 15 is 0 Å². The number of hydrogen-bond donors (Lipinski definition) is 0. The van der Waals surface area contributed by atoms with Crippen LogP contribution in [0.15, 0.2) is 21.1 Å². The van der Waals surface area contributed by atoms with Gasteiger partial charge in [-0.3, -0.25) is 0 Å². The first-order valence-electron chi connectivity index (χ1n) is 2.56. The number of carbonyl (C=O) groups is 1. The van der Waals surface area contributed by atoms with Crippen molar-refractivity contribution in [3.05, 3.63) is 21.1 Å². The summed E-state index contributed by atoms with van der Waals surface area (Å²) in [6, 6.07) is 0. The third kappa shape index (κ3) is 1.58. The van der Waals surface area contributed by atoms with Gasteiger partial charge in [-0.15, -0.1) is 0 Å². The molecular weight excluding hydrogens is 168 g/mol. The number of ether oxygens (including phenoxy) is 1. The molecule has 54 valence electrons. The molecule has 2 nitrogen and oxygen atoms in total. The first-order valence-corrected chi connectivity index (χ1v) is 4.25. The number of rotatable bonds is 1. The summed E-state index contributed by atoms with van der Waals surface area (Å²) in [5.74, 6) is -0.281. The highest BCUT2D eigenvalue weighted by Gasteiger charge is 2.17. The third-order valence-electron chi connectivity index (χ3n) is 0.908. The van der Waals surface area contributed by atoms with Crippen LogP contribution in [-0.2, 0) is 9.53 Å². The van der Waals surface area contributed by atoms with Crippen molar-refractivity contribution in [2.45, 2.75) is 0 Å². The average Bonchev–Trinajstić information content (AvgIpc) is 2.34. The molecule has 0 saturated carbocycles. The number of thioether (sulfide) groups is 2. The fourth-order valence-corrected chi connectivity index (χ4v) is 2.17. The molecule has 0 N–H and O–H groups in total. The van der Waals surface area contributed by atoms with Crippen LogP contribution < -0.4 is 0 Å². The van der Waals surface area contributed by atoms with Gasteiger partial charge in [-0.05, 0) is 5.41 Å². The van der Waals surface area contributed by atoms with E-state index in [0.717, 1.165) is 4.24 Å². The van der Waals surface area contributed by atoms with Crippen molar-refractivity contribution in [3.8, 4) is 0 Å². The topological polar surface area (TPSA) is 26.3 Å². The monoisotopic (exact) mass is 174 g/mol. The summed E-state index contributed by atoms with van der Waals surface area (Å²) in [6.45, 7) is 3.69. The van der Waals surface area contributed by atoms with E-state index < -0.39 is 0 Å². The van der Waals surface area contributed by atoms with Gasteiger partial charge in [-0.1, -0.05) is 30.1 Å². The highest BCUT2D eigenvalue weighted by molar-refractivity contribution is 8.28. The SMILES string of the molecule is C=C1SC=C(C(=O)OC)S1. The molecule has 0 fully saturated rings. The Labute approximate surface area is 67.7 Å². The molecule has 0 atom stereocenters. The van der Waals surface area contributed by atoms with Gasteiger partial charge in [0.05, 0.1) is 7.11 Å². The van der Waals surface area contributed by atoms with Crippen molar-refractivity contribution in [1.82, 2.24) is 0 Å². The van der Waals surface area contributed by atoms with Crippen molar-refractivity contribution < 1.29 is 9.53 Å². The van der Waals surface area contributed by atoms with Crippen LogP contribution in [0.5, 0.6) is 0 Å². The van der Waals surface area contributed by atoms with E-state index in [4.69, 9.17) is 0 Å². The fourth-order valence-electron chi connectivity index (χ4n) is 0.480. The minimum atomic E-state index is -0.281. The Morgan fingerprint density at radius 3 is 2.90 bits per heavy atom. The van der Waals surface area contributed by atoms with Gasteiger partial charge < -0.3 is 4.74 Å². The molecule has 1 aliphatic rings. The van der Waals surface area contributed by atoms with Crippen LogP contribution in [0.1, 0.15) is 0 Å². The van der Waals surface area contributed by atoms with Gasteiger partial charge in [0, 0.05) is 4.24 Å². The second-order valence-electron chi connectivity index (χ2n) is 1.57. The Balaban J connectivity index is 2.59. The Hall–Kier alpha value is -0.350. The first kappa shape index (κ1) is 7.75. The highest BCUT2D eigenvalue weighted by Crippen LogP contribution is 2.42. The predicted octanol–water partition coefficient (Wildman–Crippen LogP) is 1.95. The predicted molar refractivity (Wildman–Crippen MR) is 44.4 cm³/mol. The van der Waals surface area contributed by atoms with Crippen LogP contribution in [0.2, 0.25) is 0 Å². The molecule has 0 amide bonds. The number of hydrogen-bond acceptors (Lipinski definition) is 4. The smallest absolute Gasteiger partial charge is 0.345 e. The van der Waals surface area contributed by atoms with Crippen molar-refractivity contribution in [3.63, 3.8) is 0 Å². The summed E-state index contributed by atoms with van der Waals surface area (Å²) in [6.07, 6.45) is 0. The Morgan fingerprint density at radius 1 is 1.80 bits per heavy atom. The zero-order valence-corrected chi connectivity index (χ0v) is 7.05. The Kier molecular flexibility index (Phi) is 2.45. The van der Waals surface area contributed by atoms with Crippen molar-refractivity contribution in [1.29, 1.82) is 0 Å². The maximum absolute atomic E-state index is 10.8. The second-order valence-corrected chi connectivity index (χ2v) is 3.92. The maximum atomic E-state index is 10.8. The van der Waals surface area contributed by atoms with Crippen LogP contribution in [0.25, 0.3) is 0 Å². The quantitative estimate of drug-likeness (QED) is 0.568. The number of esters is 1. The van der Waals surface area contributed by atoms with Crippen LogP contribution in [0.3, 0.4) is 0 Å². The lowest BCUT2D eigenvalue weighted by molar-refractivity contribution is -0.135. The van der Waals surface area contributed by atoms with Gasteiger partial charge in [-0.2, -0.15) is 0 Å². The second kappa shape index (κ2) is 3.16. The van der Waals surface area contributed by atoms with E-state index in [9.17, 15) is 4.79 Å². The minimum Gasteiger partial charge on any atom is -0.465 e. The molecule has 10 heavy (non-hydrogen) atoms. The standard InChI is InChI=1S/C6H6O2S2/c1-4-9-3-5(10-4)6(7)8-2/h3H,1H2,2H3. The van der Waals surface area contributed by atoms with E-state index in [1.165, 1.54) is 30.6 Å². The Bertz CT molecular complexity index is 208. The molecule has 0 spiro atoms. The van der Waals surface area contributed by atoms with Crippen LogP contribution in [0.4, 0.5) is 0 Å². The van der Waals surface area contributed by atoms with Gasteiger partial charge in [0.15, 0.2) is 0 Å². The molecule has 1 heterocycles. The van der Waals surface area contributed by atoms with Crippen molar-refractivity contribution in [2.75, 3.05) is 7.11 Å². The molecule has 4 heteroatoms. The van der Waals surface area contributed by atoms with Crippen LogP contribution in [0, 0.1) is 0 Å². The molecule has 1 aliphatic heterocycles. The molecule has 0 saturated heterocycles. The lowest BCUT2D eigenvalue weighted by Gasteiger charge is -1.95. The summed E-state index contributed by atoms with van der Waals surface area (Å²) < 4.78 is 5.42. The number of methoxy groups -OCH3 is 1. The van der Waals surface area contributed by atoms with Gasteiger partial charge in [-0.25, -0.2) is 4.79 Å². The van der Waals surface area contributed by atoms with Crippen LogP contribution >= 0.6 is 23.5 Å². The number of carbonyl (C=O) groups excluding carboxylic acids is 1. The zero-order chi connectivity index (χ0) is 7.56. The van der Waals surface area contributed by atoms with Crippen molar-refractivity contribution in [2.24, 2.45) is 0 Å². The van der Waals surface area contributed by atoms with E-state index in [0.29, 0.717) is 4.91 Å². The van der Waals surface area contributed by atoms with Crippen LogP contribution in [-0.4, -0.2) is 13.1 Å². The average molecular weight is 174 g/mol. The van der Waals surface area contributed by atoms with Crippen molar-refractivity contribution >= 4 is 29.5 Å². The van der Waals surface area contributed by atoms with E-state index in [-0.39, 0.29) is 5.97 Å². The fraction of sp³-hybridized carbons (Fsp3) is 0.167. The lowest BCUT2D eigenvalue weighted by Crippen LogP contribution is -1.99. The molecule has 0 aromatic heterocycles. The first-order chi connectivity index (χ1) is 4.74. The minimum absolute atomic E-state index is 0.281. The highest BCUT2D eigenvalue weighted by atomic mass is 32.2. The Morgan fingerprint density at radius 2 is 2.50 bits per heavy atom. The summed E-state index contributed by atoms with van der Waals surface area (Å²) in [7, 11) is 1.37. The van der Waals surface area contributed by atoms with Gasteiger partial charge in [0.1, 0.15) is 4.91 Å². The molecule has 1 rings (SSSR count). The summed E-state index contributed by atoms with van der Waals surface area (Å²) in [4.78, 5) is 11.4. The summed E-state index contributed by atoms with van der Waals surface area (Å²) in [5.41, 5.74) is 0. The summed E-state index contributed by atoms with van der Waals surface area (Å²) in [5, 5.41) is 1.75. The summed E-state index contributed by atoms with van der Waals surface area (Å²) >= 11 is 2.81. The molecule has 0 aromatic rings. The zero-order valence-electron chi connectivity index (χ0n) is 5.42. The molecule has 0 bridgehead atoms. The molecule has 0 radical (unpaired) electrons.